The van der Waals surface area contributed by atoms with Crippen LogP contribution < -0.4 is 4.74 Å². The maximum atomic E-state index is 11.4. The standard InChI is InChI=1S/C26H30O5/c1-2-3-4-5-6-7-8-9-10-11-13-20-14-12-15-22(18-20)31-24-19-21(25(27)28)16-17-23(24)26(29)30/h12,14-19H,2-10H2,1H3,(H,27,28)(H,29,30). The van der Waals surface area contributed by atoms with E-state index in [1.165, 1.54) is 63.1 Å². The van der Waals surface area contributed by atoms with Gasteiger partial charge in [0.05, 0.1) is 5.56 Å². The third-order valence-electron chi connectivity index (χ3n) is 4.91. The summed E-state index contributed by atoms with van der Waals surface area (Å²) in [5.74, 6) is 4.35. The lowest BCUT2D eigenvalue weighted by molar-refractivity contribution is 0.0678. The van der Waals surface area contributed by atoms with Crippen molar-refractivity contribution in [2.75, 3.05) is 0 Å². The molecule has 0 aromatic heterocycles. The fraction of sp³-hybridized carbons (Fsp3) is 0.385. The average Bonchev–Trinajstić information content (AvgIpc) is 2.75. The van der Waals surface area contributed by atoms with Gasteiger partial charge < -0.3 is 14.9 Å². The molecular weight excluding hydrogens is 392 g/mol. The first-order valence-electron chi connectivity index (χ1n) is 10.9. The fourth-order valence-corrected chi connectivity index (χ4v) is 3.19. The quantitative estimate of drug-likeness (QED) is 0.292. The number of aromatic carboxylic acids is 2. The largest absolute Gasteiger partial charge is 0.478 e. The van der Waals surface area contributed by atoms with Crippen LogP contribution in [0.3, 0.4) is 0 Å². The summed E-state index contributed by atoms with van der Waals surface area (Å²) in [5.41, 5.74) is 0.626. The minimum absolute atomic E-state index is 0.0172. The minimum Gasteiger partial charge on any atom is -0.478 e. The van der Waals surface area contributed by atoms with Crippen LogP contribution in [0.4, 0.5) is 0 Å². The normalized spacial score (nSPS) is 10.2. The Morgan fingerprint density at radius 3 is 2.26 bits per heavy atom. The van der Waals surface area contributed by atoms with Crippen LogP contribution in [0.2, 0.25) is 0 Å². The number of hydrogen-bond acceptors (Lipinski definition) is 3. The molecule has 0 amide bonds. The predicted octanol–water partition coefficient (Wildman–Crippen LogP) is 6.76. The third kappa shape index (κ3) is 8.55. The highest BCUT2D eigenvalue weighted by atomic mass is 16.5. The first-order chi connectivity index (χ1) is 15.0. The van der Waals surface area contributed by atoms with Gasteiger partial charge in [-0.15, -0.1) is 0 Å². The van der Waals surface area contributed by atoms with Crippen molar-refractivity contribution in [2.24, 2.45) is 0 Å². The Bertz CT molecular complexity index is 936. The second-order valence-electron chi connectivity index (χ2n) is 7.48. The molecule has 5 nitrogen and oxygen atoms in total. The van der Waals surface area contributed by atoms with Crippen molar-refractivity contribution in [3.63, 3.8) is 0 Å². The van der Waals surface area contributed by atoms with Crippen LogP contribution >= 0.6 is 0 Å². The van der Waals surface area contributed by atoms with Crippen LogP contribution in [0.15, 0.2) is 42.5 Å². The maximum Gasteiger partial charge on any atom is 0.339 e. The van der Waals surface area contributed by atoms with E-state index in [4.69, 9.17) is 9.84 Å². The number of hydrogen-bond donors (Lipinski definition) is 2. The molecule has 0 aliphatic heterocycles. The SMILES string of the molecule is CCCCCCCCCCC#Cc1cccc(Oc2cc(C(=O)O)ccc2C(=O)O)c1. The monoisotopic (exact) mass is 422 g/mol. The lowest BCUT2D eigenvalue weighted by atomic mass is 10.1. The van der Waals surface area contributed by atoms with Crippen molar-refractivity contribution in [2.45, 2.75) is 64.7 Å². The molecule has 2 rings (SSSR count). The van der Waals surface area contributed by atoms with Gasteiger partial charge in [-0.05, 0) is 42.8 Å². The molecule has 2 aromatic rings. The lowest BCUT2D eigenvalue weighted by Crippen LogP contribution is -2.03. The molecule has 0 unspecified atom stereocenters. The molecular formula is C26H30O5. The summed E-state index contributed by atoms with van der Waals surface area (Å²) < 4.78 is 5.69. The van der Waals surface area contributed by atoms with Crippen LogP contribution in [0.5, 0.6) is 11.5 Å². The second-order valence-corrected chi connectivity index (χ2v) is 7.48. The third-order valence-corrected chi connectivity index (χ3v) is 4.91. The van der Waals surface area contributed by atoms with Gasteiger partial charge in [0.1, 0.15) is 17.1 Å². The van der Waals surface area contributed by atoms with Gasteiger partial charge in [0, 0.05) is 12.0 Å². The maximum absolute atomic E-state index is 11.4. The predicted molar refractivity (Wildman–Crippen MR) is 121 cm³/mol. The van der Waals surface area contributed by atoms with E-state index in [1.54, 1.807) is 18.2 Å². The van der Waals surface area contributed by atoms with Crippen LogP contribution in [-0.4, -0.2) is 22.2 Å². The van der Waals surface area contributed by atoms with Crippen LogP contribution in [0, 0.1) is 11.8 Å². The molecule has 0 heterocycles. The number of carboxylic acids is 2. The summed E-state index contributed by atoms with van der Waals surface area (Å²) in [7, 11) is 0. The van der Waals surface area contributed by atoms with Crippen molar-refractivity contribution in [3.8, 4) is 23.3 Å². The molecule has 0 atom stereocenters. The van der Waals surface area contributed by atoms with E-state index in [0.717, 1.165) is 18.4 Å². The number of unbranched alkanes of at least 4 members (excludes halogenated alkanes) is 8. The van der Waals surface area contributed by atoms with E-state index < -0.39 is 11.9 Å². The highest BCUT2D eigenvalue weighted by Gasteiger charge is 2.15. The number of rotatable bonds is 12. The summed E-state index contributed by atoms with van der Waals surface area (Å²) in [6, 6.07) is 10.7. The smallest absolute Gasteiger partial charge is 0.339 e. The van der Waals surface area contributed by atoms with Gasteiger partial charge in [0.25, 0.3) is 0 Å². The zero-order chi connectivity index (χ0) is 22.5. The molecule has 0 fully saturated rings. The Balaban J connectivity index is 1.92. The number of benzene rings is 2. The highest BCUT2D eigenvalue weighted by molar-refractivity contribution is 5.94. The second kappa shape index (κ2) is 13.1. The number of carboxylic acid groups (broad SMARTS) is 2. The Morgan fingerprint density at radius 2 is 1.58 bits per heavy atom. The van der Waals surface area contributed by atoms with Gasteiger partial charge in [-0.1, -0.05) is 69.8 Å². The Morgan fingerprint density at radius 1 is 0.871 bits per heavy atom. The molecule has 0 aliphatic rings. The molecule has 2 aromatic carbocycles. The van der Waals surface area contributed by atoms with Gasteiger partial charge in [-0.2, -0.15) is 0 Å². The summed E-state index contributed by atoms with van der Waals surface area (Å²) in [6.45, 7) is 2.23. The molecule has 5 heteroatoms. The Labute approximate surface area is 184 Å². The van der Waals surface area contributed by atoms with Crippen LogP contribution in [-0.2, 0) is 0 Å². The van der Waals surface area contributed by atoms with Gasteiger partial charge in [0.2, 0.25) is 0 Å². The fourth-order valence-electron chi connectivity index (χ4n) is 3.19. The molecule has 0 saturated heterocycles. The lowest BCUT2D eigenvalue weighted by Gasteiger charge is -2.10. The van der Waals surface area contributed by atoms with Gasteiger partial charge in [-0.3, -0.25) is 0 Å². The topological polar surface area (TPSA) is 83.8 Å². The molecule has 0 aliphatic carbocycles. The van der Waals surface area contributed by atoms with E-state index in [1.807, 2.05) is 6.07 Å². The van der Waals surface area contributed by atoms with Gasteiger partial charge in [-0.25, -0.2) is 9.59 Å². The summed E-state index contributed by atoms with van der Waals surface area (Å²) in [5, 5.41) is 18.5. The van der Waals surface area contributed by atoms with Gasteiger partial charge in [0.15, 0.2) is 0 Å². The van der Waals surface area contributed by atoms with Crippen LogP contribution in [0.1, 0.15) is 91.0 Å². The van der Waals surface area contributed by atoms with Crippen molar-refractivity contribution in [3.05, 3.63) is 59.2 Å². The molecule has 0 saturated carbocycles. The summed E-state index contributed by atoms with van der Waals surface area (Å²) in [4.78, 5) is 22.6. The van der Waals surface area contributed by atoms with Crippen molar-refractivity contribution in [1.82, 2.24) is 0 Å². The van der Waals surface area contributed by atoms with Crippen LogP contribution in [0.25, 0.3) is 0 Å². The van der Waals surface area contributed by atoms with E-state index in [9.17, 15) is 14.7 Å². The van der Waals surface area contributed by atoms with Crippen molar-refractivity contribution in [1.29, 1.82) is 0 Å². The molecule has 164 valence electrons. The molecule has 0 bridgehead atoms. The zero-order valence-electron chi connectivity index (χ0n) is 18.0. The molecule has 2 N–H and O–H groups in total. The molecule has 0 spiro atoms. The number of carbonyl (C=O) groups is 2. The zero-order valence-corrected chi connectivity index (χ0v) is 18.0. The molecule has 0 radical (unpaired) electrons. The summed E-state index contributed by atoms with van der Waals surface area (Å²) >= 11 is 0. The Hall–Kier alpha value is -3.26. The van der Waals surface area contributed by atoms with E-state index in [2.05, 4.69) is 18.8 Å². The molecule has 31 heavy (non-hydrogen) atoms. The highest BCUT2D eigenvalue weighted by Crippen LogP contribution is 2.27. The van der Waals surface area contributed by atoms with Crippen molar-refractivity contribution < 1.29 is 24.5 Å². The summed E-state index contributed by atoms with van der Waals surface area (Å²) in [6.07, 6.45) is 10.9. The average molecular weight is 423 g/mol. The first-order valence-corrected chi connectivity index (χ1v) is 10.9. The van der Waals surface area contributed by atoms with Gasteiger partial charge >= 0.3 is 11.9 Å². The minimum atomic E-state index is -1.19. The van der Waals surface area contributed by atoms with E-state index in [0.29, 0.717) is 5.75 Å². The Kier molecular flexibility index (Phi) is 10.2. The first kappa shape index (κ1) is 24.0. The van der Waals surface area contributed by atoms with Crippen molar-refractivity contribution >= 4 is 11.9 Å². The van der Waals surface area contributed by atoms with E-state index in [-0.39, 0.29) is 16.9 Å². The number of ether oxygens (including phenoxy) is 1. The van der Waals surface area contributed by atoms with E-state index >= 15 is 0 Å².